The Bertz CT molecular complexity index is 399. The molecule has 0 radical (unpaired) electrons. The molecule has 2 rings (SSSR count). The Hall–Kier alpha value is -0.320. The molecule has 0 aromatic carbocycles. The van der Waals surface area contributed by atoms with E-state index in [2.05, 4.69) is 44.8 Å². The predicted molar refractivity (Wildman–Crippen MR) is 75.9 cm³/mol. The molecule has 1 fully saturated rings. The molecular weight excluding hydrogens is 302 g/mol. The number of hydrogen-bond acceptors (Lipinski definition) is 3. The molecule has 94 valence electrons. The molecule has 0 aliphatic carbocycles. The molecular formula is C12H17BrClN3. The molecule has 1 unspecified atom stereocenters. The second kappa shape index (κ2) is 5.55. The Morgan fingerprint density at radius 1 is 1.59 bits per heavy atom. The lowest BCUT2D eigenvalue weighted by Gasteiger charge is -2.36. The normalized spacial score (nSPS) is 21.5. The number of piperidine rings is 1. The van der Waals surface area contributed by atoms with Crippen LogP contribution in [0.2, 0.25) is 5.02 Å². The van der Waals surface area contributed by atoms with Gasteiger partial charge in [0.25, 0.3) is 0 Å². The summed E-state index contributed by atoms with van der Waals surface area (Å²) in [6.45, 7) is 2.28. The van der Waals surface area contributed by atoms with Gasteiger partial charge in [0.1, 0.15) is 5.82 Å². The van der Waals surface area contributed by atoms with E-state index in [0.29, 0.717) is 11.1 Å². The topological polar surface area (TPSA) is 19.4 Å². The van der Waals surface area contributed by atoms with Gasteiger partial charge >= 0.3 is 0 Å². The Kier molecular flexibility index (Phi) is 4.28. The zero-order valence-electron chi connectivity index (χ0n) is 10.2. The van der Waals surface area contributed by atoms with E-state index < -0.39 is 0 Å². The molecule has 2 heterocycles. The third kappa shape index (κ3) is 3.12. The van der Waals surface area contributed by atoms with Crippen molar-refractivity contribution >= 4 is 33.3 Å². The fourth-order valence-electron chi connectivity index (χ4n) is 2.30. The second-order valence-electron chi connectivity index (χ2n) is 4.63. The minimum absolute atomic E-state index is 0.527. The smallest absolute Gasteiger partial charge is 0.143 e. The van der Waals surface area contributed by atoms with Crippen molar-refractivity contribution in [2.45, 2.75) is 18.9 Å². The van der Waals surface area contributed by atoms with Crippen LogP contribution >= 0.6 is 27.5 Å². The average molecular weight is 319 g/mol. The van der Waals surface area contributed by atoms with E-state index in [9.17, 15) is 0 Å². The number of likely N-dealkylation sites (tertiary alicyclic amines) is 1. The summed E-state index contributed by atoms with van der Waals surface area (Å²) in [6, 6.07) is 2.42. The van der Waals surface area contributed by atoms with Crippen molar-refractivity contribution < 1.29 is 0 Å². The summed E-state index contributed by atoms with van der Waals surface area (Å²) in [4.78, 5) is 9.02. The molecule has 1 aliphatic heterocycles. The molecule has 1 atom stereocenters. The third-order valence-corrected chi connectivity index (χ3v) is 4.06. The fourth-order valence-corrected chi connectivity index (χ4v) is 3.21. The highest BCUT2D eigenvalue weighted by molar-refractivity contribution is 9.10. The second-order valence-corrected chi connectivity index (χ2v) is 5.92. The summed E-state index contributed by atoms with van der Waals surface area (Å²) in [5.41, 5.74) is 0. The molecule has 5 heteroatoms. The van der Waals surface area contributed by atoms with E-state index >= 15 is 0 Å². The molecule has 17 heavy (non-hydrogen) atoms. The predicted octanol–water partition coefficient (Wildman–Crippen LogP) is 3.03. The maximum Gasteiger partial charge on any atom is 0.143 e. The van der Waals surface area contributed by atoms with E-state index in [1.54, 1.807) is 6.20 Å². The van der Waals surface area contributed by atoms with Gasteiger partial charge in [0.2, 0.25) is 0 Å². The summed E-state index contributed by atoms with van der Waals surface area (Å²) >= 11 is 9.44. The Labute approximate surface area is 116 Å². The Morgan fingerprint density at radius 2 is 2.35 bits per heavy atom. The van der Waals surface area contributed by atoms with Gasteiger partial charge in [-0.1, -0.05) is 11.6 Å². The molecule has 0 saturated carbocycles. The number of aromatic nitrogens is 1. The van der Waals surface area contributed by atoms with Crippen molar-refractivity contribution in [2.24, 2.45) is 0 Å². The third-order valence-electron chi connectivity index (χ3n) is 3.27. The monoisotopic (exact) mass is 317 g/mol. The molecule has 0 N–H and O–H groups in total. The minimum atomic E-state index is 0.527. The zero-order chi connectivity index (χ0) is 12.4. The van der Waals surface area contributed by atoms with E-state index in [1.807, 2.05) is 6.07 Å². The van der Waals surface area contributed by atoms with Gasteiger partial charge in [-0.3, -0.25) is 0 Å². The lowest BCUT2D eigenvalue weighted by Crippen LogP contribution is -2.45. The molecule has 1 aliphatic rings. The molecule has 0 spiro atoms. The fraction of sp³-hybridized carbons (Fsp3) is 0.583. The van der Waals surface area contributed by atoms with Crippen molar-refractivity contribution in [3.63, 3.8) is 0 Å². The molecule has 3 nitrogen and oxygen atoms in total. The highest BCUT2D eigenvalue weighted by atomic mass is 79.9. The van der Waals surface area contributed by atoms with Crippen molar-refractivity contribution in [3.8, 4) is 0 Å². The van der Waals surface area contributed by atoms with E-state index in [1.165, 1.54) is 19.4 Å². The van der Waals surface area contributed by atoms with Gasteiger partial charge in [-0.25, -0.2) is 4.98 Å². The quantitative estimate of drug-likeness (QED) is 0.835. The SMILES string of the molecule is CN1CCCC(N(C)c2ncc(Cl)cc2Br)C1. The van der Waals surface area contributed by atoms with Crippen LogP contribution in [0.5, 0.6) is 0 Å². The van der Waals surface area contributed by atoms with Crippen LogP contribution in [0.3, 0.4) is 0 Å². The first-order valence-electron chi connectivity index (χ1n) is 5.80. The van der Waals surface area contributed by atoms with Gasteiger partial charge in [0, 0.05) is 25.8 Å². The molecule has 0 bridgehead atoms. The van der Waals surface area contributed by atoms with E-state index in [4.69, 9.17) is 11.6 Å². The summed E-state index contributed by atoms with van der Waals surface area (Å²) in [5, 5.41) is 0.662. The maximum atomic E-state index is 5.91. The number of pyridine rings is 1. The van der Waals surface area contributed by atoms with Gasteiger partial charge in [0.05, 0.1) is 9.50 Å². The van der Waals surface area contributed by atoms with Crippen LogP contribution in [0.25, 0.3) is 0 Å². The number of likely N-dealkylation sites (N-methyl/N-ethyl adjacent to an activating group) is 2. The Balaban J connectivity index is 2.15. The van der Waals surface area contributed by atoms with Gasteiger partial charge in [-0.15, -0.1) is 0 Å². The van der Waals surface area contributed by atoms with Crippen LogP contribution in [-0.2, 0) is 0 Å². The summed E-state index contributed by atoms with van der Waals surface area (Å²) in [7, 11) is 4.27. The number of hydrogen-bond donors (Lipinski definition) is 0. The van der Waals surface area contributed by atoms with Crippen molar-refractivity contribution in [1.82, 2.24) is 9.88 Å². The minimum Gasteiger partial charge on any atom is -0.354 e. The number of anilines is 1. The van der Waals surface area contributed by atoms with Crippen molar-refractivity contribution in [1.29, 1.82) is 0 Å². The van der Waals surface area contributed by atoms with Crippen LogP contribution in [0, 0.1) is 0 Å². The van der Waals surface area contributed by atoms with Crippen LogP contribution in [0.1, 0.15) is 12.8 Å². The molecule has 1 aromatic rings. The summed E-state index contributed by atoms with van der Waals surface area (Å²) in [6.07, 6.45) is 4.17. The first-order chi connectivity index (χ1) is 8.08. The zero-order valence-corrected chi connectivity index (χ0v) is 12.5. The van der Waals surface area contributed by atoms with Crippen LogP contribution in [0.4, 0.5) is 5.82 Å². The first kappa shape index (κ1) is 13.1. The van der Waals surface area contributed by atoms with Gasteiger partial charge in [-0.2, -0.15) is 0 Å². The summed E-state index contributed by atoms with van der Waals surface area (Å²) < 4.78 is 0.959. The van der Waals surface area contributed by atoms with Crippen molar-refractivity contribution in [3.05, 3.63) is 21.8 Å². The molecule has 0 amide bonds. The average Bonchev–Trinajstić information content (AvgIpc) is 2.28. The van der Waals surface area contributed by atoms with Gasteiger partial charge in [0.15, 0.2) is 0 Å². The Morgan fingerprint density at radius 3 is 3.00 bits per heavy atom. The largest absolute Gasteiger partial charge is 0.354 e. The van der Waals surface area contributed by atoms with E-state index in [-0.39, 0.29) is 0 Å². The van der Waals surface area contributed by atoms with Gasteiger partial charge in [-0.05, 0) is 48.4 Å². The highest BCUT2D eigenvalue weighted by Gasteiger charge is 2.23. The highest BCUT2D eigenvalue weighted by Crippen LogP contribution is 2.28. The van der Waals surface area contributed by atoms with Crippen LogP contribution in [0.15, 0.2) is 16.7 Å². The van der Waals surface area contributed by atoms with Crippen LogP contribution in [-0.4, -0.2) is 43.1 Å². The van der Waals surface area contributed by atoms with E-state index in [0.717, 1.165) is 16.8 Å². The first-order valence-corrected chi connectivity index (χ1v) is 6.97. The lowest BCUT2D eigenvalue weighted by atomic mass is 10.1. The van der Waals surface area contributed by atoms with Gasteiger partial charge < -0.3 is 9.80 Å². The maximum absolute atomic E-state index is 5.91. The lowest BCUT2D eigenvalue weighted by molar-refractivity contribution is 0.247. The standard InChI is InChI=1S/C12H17BrClN3/c1-16-5-3-4-10(8-16)17(2)12-11(13)6-9(14)7-15-12/h6-7,10H,3-5,8H2,1-2H3. The van der Waals surface area contributed by atoms with Crippen LogP contribution < -0.4 is 4.90 Å². The molecule has 1 saturated heterocycles. The number of rotatable bonds is 2. The number of halogens is 2. The summed E-state index contributed by atoms with van der Waals surface area (Å²) in [5.74, 6) is 0.967. The number of nitrogens with zero attached hydrogens (tertiary/aromatic N) is 3. The van der Waals surface area contributed by atoms with Crippen molar-refractivity contribution in [2.75, 3.05) is 32.1 Å². The molecule has 1 aromatic heterocycles.